The molecule has 0 atom stereocenters. The first-order chi connectivity index (χ1) is 10.3. The van der Waals surface area contributed by atoms with Gasteiger partial charge in [0.05, 0.1) is 11.6 Å². The van der Waals surface area contributed by atoms with Gasteiger partial charge in [-0.1, -0.05) is 32.0 Å². The van der Waals surface area contributed by atoms with Crippen LogP contribution in [0.3, 0.4) is 0 Å². The summed E-state index contributed by atoms with van der Waals surface area (Å²) in [7, 11) is -3.97. The molecule has 2 aromatic carbocycles. The molecule has 0 N–H and O–H groups in total. The van der Waals surface area contributed by atoms with Crippen molar-refractivity contribution in [1.82, 2.24) is 0 Å². The van der Waals surface area contributed by atoms with E-state index in [1.54, 1.807) is 12.1 Å². The molecule has 0 spiro atoms. The maximum atomic E-state index is 12.4. The van der Waals surface area contributed by atoms with Gasteiger partial charge in [0.2, 0.25) is 0 Å². The minimum atomic E-state index is -3.97. The Hall–Kier alpha value is -2.32. The third-order valence-electron chi connectivity index (χ3n) is 3.24. The predicted molar refractivity (Wildman–Crippen MR) is 84.2 cm³/mol. The van der Waals surface area contributed by atoms with Crippen molar-refractivity contribution >= 4 is 10.1 Å². The van der Waals surface area contributed by atoms with Crippen molar-refractivity contribution in [3.63, 3.8) is 0 Å². The van der Waals surface area contributed by atoms with E-state index in [4.69, 9.17) is 9.44 Å². The van der Waals surface area contributed by atoms with E-state index in [0.717, 1.165) is 11.1 Å². The second kappa shape index (κ2) is 6.20. The van der Waals surface area contributed by atoms with Crippen molar-refractivity contribution in [1.29, 1.82) is 5.26 Å². The van der Waals surface area contributed by atoms with Gasteiger partial charge in [-0.05, 0) is 48.2 Å². The number of rotatable bonds is 4. The summed E-state index contributed by atoms with van der Waals surface area (Å²) in [4.78, 5) is -0.0252. The first kappa shape index (κ1) is 16.1. The van der Waals surface area contributed by atoms with Gasteiger partial charge in [0.25, 0.3) is 0 Å². The molecule has 2 aromatic rings. The van der Waals surface area contributed by atoms with Crippen LogP contribution in [0.2, 0.25) is 0 Å². The molecule has 0 heterocycles. The van der Waals surface area contributed by atoms with Gasteiger partial charge >= 0.3 is 10.1 Å². The third kappa shape index (κ3) is 3.46. The molecule has 0 aliphatic heterocycles. The zero-order valence-corrected chi connectivity index (χ0v) is 13.5. The molecule has 0 fully saturated rings. The van der Waals surface area contributed by atoms with Gasteiger partial charge in [-0.25, -0.2) is 0 Å². The van der Waals surface area contributed by atoms with Crippen LogP contribution in [0, 0.1) is 18.3 Å². The smallest absolute Gasteiger partial charge is 0.339 e. The molecule has 2 rings (SSSR count). The lowest BCUT2D eigenvalue weighted by molar-refractivity contribution is 0.481. The zero-order valence-electron chi connectivity index (χ0n) is 12.7. The van der Waals surface area contributed by atoms with Crippen LogP contribution in [0.5, 0.6) is 5.75 Å². The molecule has 4 nitrogen and oxygen atoms in total. The SMILES string of the molecule is Cc1ccc(C(C)C)c(OS(=O)(=O)c2cccc(C#N)c2)c1. The summed E-state index contributed by atoms with van der Waals surface area (Å²) in [6.45, 7) is 5.82. The maximum absolute atomic E-state index is 12.4. The lowest BCUT2D eigenvalue weighted by atomic mass is 10.0. The highest BCUT2D eigenvalue weighted by atomic mass is 32.2. The van der Waals surface area contributed by atoms with Crippen molar-refractivity contribution in [3.8, 4) is 11.8 Å². The number of hydrogen-bond donors (Lipinski definition) is 0. The molecule has 0 unspecified atom stereocenters. The summed E-state index contributed by atoms with van der Waals surface area (Å²) >= 11 is 0. The van der Waals surface area contributed by atoms with E-state index in [2.05, 4.69) is 0 Å². The largest absolute Gasteiger partial charge is 0.379 e. The van der Waals surface area contributed by atoms with Gasteiger partial charge < -0.3 is 4.18 Å². The summed E-state index contributed by atoms with van der Waals surface area (Å²) in [5.41, 5.74) is 2.02. The van der Waals surface area contributed by atoms with Gasteiger partial charge in [-0.3, -0.25) is 0 Å². The van der Waals surface area contributed by atoms with Crippen LogP contribution < -0.4 is 4.18 Å². The minimum absolute atomic E-state index is 0.0252. The normalized spacial score (nSPS) is 11.2. The Morgan fingerprint density at radius 3 is 2.50 bits per heavy atom. The Kier molecular flexibility index (Phi) is 4.53. The number of nitriles is 1. The molecule has 0 aliphatic carbocycles. The number of aryl methyl sites for hydroxylation is 1. The highest BCUT2D eigenvalue weighted by Gasteiger charge is 2.20. The quantitative estimate of drug-likeness (QED) is 0.806. The summed E-state index contributed by atoms with van der Waals surface area (Å²) in [5, 5.41) is 8.89. The van der Waals surface area contributed by atoms with Gasteiger partial charge in [0, 0.05) is 0 Å². The number of hydrogen-bond acceptors (Lipinski definition) is 4. The van der Waals surface area contributed by atoms with Crippen LogP contribution in [0.25, 0.3) is 0 Å². The van der Waals surface area contributed by atoms with Crippen LogP contribution in [0.15, 0.2) is 47.4 Å². The van der Waals surface area contributed by atoms with Gasteiger partial charge in [0.1, 0.15) is 10.6 Å². The predicted octanol–water partition coefficient (Wildman–Crippen LogP) is 3.76. The average molecular weight is 315 g/mol. The standard InChI is InChI=1S/C17H17NO3S/c1-12(2)16-8-7-13(3)9-17(16)21-22(19,20)15-6-4-5-14(10-15)11-18/h4-10,12H,1-3H3. The van der Waals surface area contributed by atoms with Crippen LogP contribution in [0.4, 0.5) is 0 Å². The molecule has 0 aromatic heterocycles. The Labute approximate surface area is 131 Å². The van der Waals surface area contributed by atoms with Crippen molar-refractivity contribution in [2.24, 2.45) is 0 Å². The van der Waals surface area contributed by atoms with E-state index in [1.807, 2.05) is 39.0 Å². The molecule has 5 heteroatoms. The molecule has 114 valence electrons. The number of nitrogens with zero attached hydrogens (tertiary/aromatic N) is 1. The number of benzene rings is 2. The molecule has 0 bridgehead atoms. The molecule has 0 saturated heterocycles. The van der Waals surface area contributed by atoms with Crippen LogP contribution >= 0.6 is 0 Å². The monoisotopic (exact) mass is 315 g/mol. The van der Waals surface area contributed by atoms with Crippen molar-refractivity contribution < 1.29 is 12.6 Å². The zero-order chi connectivity index (χ0) is 16.3. The topological polar surface area (TPSA) is 67.2 Å². The van der Waals surface area contributed by atoms with Crippen molar-refractivity contribution in [2.45, 2.75) is 31.6 Å². The highest BCUT2D eigenvalue weighted by molar-refractivity contribution is 7.87. The summed E-state index contributed by atoms with van der Waals surface area (Å²) in [6, 6.07) is 13.2. The van der Waals surface area contributed by atoms with Crippen LogP contribution in [0.1, 0.15) is 36.5 Å². The second-order valence-electron chi connectivity index (χ2n) is 5.37. The summed E-state index contributed by atoms with van der Waals surface area (Å²) in [5.74, 6) is 0.466. The first-order valence-corrected chi connectivity index (χ1v) is 8.29. The fourth-order valence-corrected chi connectivity index (χ4v) is 3.07. The van der Waals surface area contributed by atoms with Crippen molar-refractivity contribution in [2.75, 3.05) is 0 Å². The molecular formula is C17H17NO3S. The van der Waals surface area contributed by atoms with Crippen molar-refractivity contribution in [3.05, 3.63) is 59.2 Å². The van der Waals surface area contributed by atoms with E-state index >= 15 is 0 Å². The van der Waals surface area contributed by atoms with E-state index in [9.17, 15) is 8.42 Å². The lowest BCUT2D eigenvalue weighted by Crippen LogP contribution is -2.11. The van der Waals surface area contributed by atoms with E-state index in [1.165, 1.54) is 18.2 Å². The minimum Gasteiger partial charge on any atom is -0.379 e. The average Bonchev–Trinajstić information content (AvgIpc) is 2.46. The molecule has 0 saturated carbocycles. The Morgan fingerprint density at radius 2 is 1.86 bits per heavy atom. The van der Waals surface area contributed by atoms with Crippen LogP contribution in [-0.4, -0.2) is 8.42 Å². The Morgan fingerprint density at radius 1 is 1.14 bits per heavy atom. The van der Waals surface area contributed by atoms with E-state index < -0.39 is 10.1 Å². The fourth-order valence-electron chi connectivity index (χ4n) is 2.08. The summed E-state index contributed by atoms with van der Waals surface area (Å²) in [6.07, 6.45) is 0. The Bertz CT molecular complexity index is 833. The molecule has 0 aliphatic rings. The maximum Gasteiger partial charge on any atom is 0.339 e. The molecule has 0 amide bonds. The van der Waals surface area contributed by atoms with Gasteiger partial charge in [-0.15, -0.1) is 0 Å². The second-order valence-corrected chi connectivity index (χ2v) is 6.92. The molecule has 22 heavy (non-hydrogen) atoms. The summed E-state index contributed by atoms with van der Waals surface area (Å²) < 4.78 is 30.2. The fraction of sp³-hybridized carbons (Fsp3) is 0.235. The third-order valence-corrected chi connectivity index (χ3v) is 4.47. The Balaban J connectivity index is 2.45. The highest BCUT2D eigenvalue weighted by Crippen LogP contribution is 2.30. The van der Waals surface area contributed by atoms with Crippen LogP contribution in [-0.2, 0) is 10.1 Å². The molecule has 0 radical (unpaired) electrons. The molecular weight excluding hydrogens is 298 g/mol. The lowest BCUT2D eigenvalue weighted by Gasteiger charge is -2.14. The van der Waals surface area contributed by atoms with Gasteiger partial charge in [0.15, 0.2) is 0 Å². The van der Waals surface area contributed by atoms with E-state index in [0.29, 0.717) is 5.75 Å². The van der Waals surface area contributed by atoms with E-state index in [-0.39, 0.29) is 16.4 Å². The van der Waals surface area contributed by atoms with Gasteiger partial charge in [-0.2, -0.15) is 13.7 Å². The first-order valence-electron chi connectivity index (χ1n) is 6.88.